The molecule has 3 atom stereocenters. The van der Waals surface area contributed by atoms with Gasteiger partial charge in [0.2, 0.25) is 0 Å². The van der Waals surface area contributed by atoms with Crippen LogP contribution in [0.25, 0.3) is 0 Å². The molecule has 1 aromatic rings. The third kappa shape index (κ3) is 7.45. The summed E-state index contributed by atoms with van der Waals surface area (Å²) in [5.74, 6) is 3.02. The van der Waals surface area contributed by atoms with E-state index in [4.69, 9.17) is 10.8 Å². The minimum absolute atomic E-state index is 0.0842. The summed E-state index contributed by atoms with van der Waals surface area (Å²) in [7, 11) is -3.03. The normalized spacial score (nSPS) is 16.0. The van der Waals surface area contributed by atoms with Gasteiger partial charge in [0, 0.05) is 23.2 Å². The molecule has 0 fully saturated rings. The molecule has 0 spiro atoms. The first-order chi connectivity index (χ1) is 11.6. The Morgan fingerprint density at radius 3 is 2.40 bits per heavy atom. The molecule has 0 saturated heterocycles. The Balaban J connectivity index is 2.77. The Labute approximate surface area is 156 Å². The Kier molecular flexibility index (Phi) is 8.56. The molecule has 0 bridgehead atoms. The summed E-state index contributed by atoms with van der Waals surface area (Å²) in [6.45, 7) is 11.0. The van der Waals surface area contributed by atoms with Crippen molar-refractivity contribution in [2.45, 2.75) is 75.3 Å². The second kappa shape index (κ2) is 9.68. The van der Waals surface area contributed by atoms with E-state index in [0.29, 0.717) is 25.0 Å². The van der Waals surface area contributed by atoms with Gasteiger partial charge in [-0.3, -0.25) is 4.21 Å². The van der Waals surface area contributed by atoms with Crippen LogP contribution in [0.2, 0.25) is 18.1 Å². The Bertz CT molecular complexity index is 587. The molecule has 1 unspecified atom stereocenters. The maximum atomic E-state index is 12.5. The van der Waals surface area contributed by atoms with Gasteiger partial charge in [-0.15, -0.1) is 12.3 Å². The van der Waals surface area contributed by atoms with E-state index in [9.17, 15) is 9.32 Å². The molecular formula is C20H32O3SSi. The zero-order valence-electron chi connectivity index (χ0n) is 16.1. The SMILES string of the molecule is C#CC[C@@H](O)C[C@@H](CCS(=O)c1ccccc1)O[Si](C)(C)C(C)(C)C. The van der Waals surface area contributed by atoms with E-state index in [2.05, 4.69) is 39.8 Å². The molecule has 0 radical (unpaired) electrons. The van der Waals surface area contributed by atoms with Gasteiger partial charge in [0.05, 0.1) is 16.9 Å². The summed E-state index contributed by atoms with van der Waals surface area (Å²) in [5.41, 5.74) is 0. The molecule has 25 heavy (non-hydrogen) atoms. The standard InChI is InChI=1S/C20H32O3SSi/c1-7-11-17(21)16-18(23-25(5,6)20(2,3)4)14-15-24(22)19-12-9-8-10-13-19/h1,8-10,12-13,17-18,21H,11,14-16H2,2-6H3/t17-,18-,24?/m1/s1. The van der Waals surface area contributed by atoms with Gasteiger partial charge in [0.1, 0.15) is 0 Å². The number of benzene rings is 1. The van der Waals surface area contributed by atoms with Crippen molar-refractivity contribution in [1.29, 1.82) is 0 Å². The summed E-state index contributed by atoms with van der Waals surface area (Å²) in [6.07, 6.45) is 6.06. The van der Waals surface area contributed by atoms with E-state index >= 15 is 0 Å². The molecule has 0 saturated carbocycles. The van der Waals surface area contributed by atoms with Gasteiger partial charge < -0.3 is 9.53 Å². The van der Waals surface area contributed by atoms with Crippen molar-refractivity contribution < 1.29 is 13.7 Å². The molecule has 3 nitrogen and oxygen atoms in total. The van der Waals surface area contributed by atoms with Crippen molar-refractivity contribution in [1.82, 2.24) is 0 Å². The second-order valence-corrected chi connectivity index (χ2v) is 14.3. The molecule has 0 heterocycles. The van der Waals surface area contributed by atoms with E-state index in [0.717, 1.165) is 4.90 Å². The van der Waals surface area contributed by atoms with Crippen LogP contribution < -0.4 is 0 Å². The highest BCUT2D eigenvalue weighted by Crippen LogP contribution is 2.38. The number of hydrogen-bond acceptors (Lipinski definition) is 3. The van der Waals surface area contributed by atoms with Crippen LogP contribution in [0.5, 0.6) is 0 Å². The lowest BCUT2D eigenvalue weighted by molar-refractivity contribution is 0.0875. The van der Waals surface area contributed by atoms with Gasteiger partial charge in [-0.05, 0) is 43.1 Å². The topological polar surface area (TPSA) is 46.5 Å². The molecule has 1 N–H and O–H groups in total. The third-order valence-electron chi connectivity index (χ3n) is 4.79. The third-order valence-corrected chi connectivity index (χ3v) is 10.7. The van der Waals surface area contributed by atoms with Gasteiger partial charge in [0.15, 0.2) is 8.32 Å². The first kappa shape index (κ1) is 22.1. The minimum atomic E-state index is -1.97. The molecule has 0 amide bonds. The lowest BCUT2D eigenvalue weighted by Crippen LogP contribution is -2.45. The number of hydrogen-bond donors (Lipinski definition) is 1. The second-order valence-electron chi connectivity index (χ2n) is 7.95. The Morgan fingerprint density at radius 1 is 1.28 bits per heavy atom. The fourth-order valence-electron chi connectivity index (χ4n) is 2.27. The lowest BCUT2D eigenvalue weighted by Gasteiger charge is -2.39. The van der Waals surface area contributed by atoms with Gasteiger partial charge in [-0.1, -0.05) is 39.0 Å². The number of aliphatic hydroxyl groups is 1. The molecule has 0 aliphatic carbocycles. The fraction of sp³-hybridized carbons (Fsp3) is 0.600. The summed E-state index contributed by atoms with van der Waals surface area (Å²) in [6, 6.07) is 9.47. The van der Waals surface area contributed by atoms with E-state index in [-0.39, 0.29) is 11.1 Å². The summed E-state index contributed by atoms with van der Waals surface area (Å²) in [4.78, 5) is 0.831. The first-order valence-corrected chi connectivity index (χ1v) is 13.0. The van der Waals surface area contributed by atoms with Crippen LogP contribution in [0.1, 0.15) is 40.0 Å². The number of rotatable bonds is 9. The van der Waals surface area contributed by atoms with Crippen LogP contribution in [-0.2, 0) is 15.2 Å². The van der Waals surface area contributed by atoms with Crippen LogP contribution >= 0.6 is 0 Å². The van der Waals surface area contributed by atoms with E-state index in [1.54, 1.807) is 0 Å². The molecule has 0 aliphatic heterocycles. The summed E-state index contributed by atoms with van der Waals surface area (Å²) in [5, 5.41) is 10.2. The Hall–Kier alpha value is -0.933. The smallest absolute Gasteiger partial charge is 0.192 e. The number of aliphatic hydroxyl groups excluding tert-OH is 1. The molecule has 0 aromatic heterocycles. The monoisotopic (exact) mass is 380 g/mol. The average Bonchev–Trinajstić information content (AvgIpc) is 2.52. The molecule has 140 valence electrons. The van der Waals surface area contributed by atoms with Gasteiger partial charge >= 0.3 is 0 Å². The van der Waals surface area contributed by atoms with E-state index in [1.165, 1.54) is 0 Å². The first-order valence-electron chi connectivity index (χ1n) is 8.79. The maximum Gasteiger partial charge on any atom is 0.192 e. The van der Waals surface area contributed by atoms with Crippen molar-refractivity contribution >= 4 is 19.1 Å². The maximum absolute atomic E-state index is 12.5. The molecule has 1 aromatic carbocycles. The molecule has 5 heteroatoms. The van der Waals surface area contributed by atoms with Crippen LogP contribution in [0.3, 0.4) is 0 Å². The number of terminal acetylenes is 1. The zero-order valence-corrected chi connectivity index (χ0v) is 17.9. The highest BCUT2D eigenvalue weighted by molar-refractivity contribution is 7.85. The van der Waals surface area contributed by atoms with Gasteiger partial charge in [-0.25, -0.2) is 0 Å². The largest absolute Gasteiger partial charge is 0.414 e. The van der Waals surface area contributed by atoms with Crippen molar-refractivity contribution in [3.8, 4) is 12.3 Å². The summed E-state index contributed by atoms with van der Waals surface area (Å²) >= 11 is 0. The predicted octanol–water partition coefficient (Wildman–Crippen LogP) is 4.35. The average molecular weight is 381 g/mol. The Morgan fingerprint density at radius 2 is 1.88 bits per heavy atom. The molecule has 0 aliphatic rings. The van der Waals surface area contributed by atoms with E-state index in [1.807, 2.05) is 30.3 Å². The minimum Gasteiger partial charge on any atom is -0.414 e. The predicted molar refractivity (Wildman–Crippen MR) is 108 cm³/mol. The highest BCUT2D eigenvalue weighted by Gasteiger charge is 2.39. The van der Waals surface area contributed by atoms with Crippen LogP contribution in [0.15, 0.2) is 35.2 Å². The van der Waals surface area contributed by atoms with Crippen LogP contribution in [0, 0.1) is 12.3 Å². The quantitative estimate of drug-likeness (QED) is 0.512. The van der Waals surface area contributed by atoms with Gasteiger partial charge in [0.25, 0.3) is 0 Å². The van der Waals surface area contributed by atoms with Crippen molar-refractivity contribution in [2.75, 3.05) is 5.75 Å². The molecule has 1 rings (SSSR count). The van der Waals surface area contributed by atoms with Gasteiger partial charge in [-0.2, -0.15) is 0 Å². The lowest BCUT2D eigenvalue weighted by atomic mass is 10.1. The van der Waals surface area contributed by atoms with Crippen LogP contribution in [-0.4, -0.2) is 35.6 Å². The summed E-state index contributed by atoms with van der Waals surface area (Å²) < 4.78 is 19.0. The van der Waals surface area contributed by atoms with Crippen molar-refractivity contribution in [3.63, 3.8) is 0 Å². The molecular weight excluding hydrogens is 348 g/mol. The van der Waals surface area contributed by atoms with E-state index < -0.39 is 25.2 Å². The zero-order chi connectivity index (χ0) is 19.1. The van der Waals surface area contributed by atoms with Crippen molar-refractivity contribution in [3.05, 3.63) is 30.3 Å². The fourth-order valence-corrected chi connectivity index (χ4v) is 4.84. The highest BCUT2D eigenvalue weighted by atomic mass is 32.2. The van der Waals surface area contributed by atoms with Crippen molar-refractivity contribution in [2.24, 2.45) is 0 Å². The van der Waals surface area contributed by atoms with Crippen LogP contribution in [0.4, 0.5) is 0 Å².